The van der Waals surface area contributed by atoms with Gasteiger partial charge in [0.25, 0.3) is 10.0 Å². The van der Waals surface area contributed by atoms with Gasteiger partial charge in [-0.2, -0.15) is 0 Å². The predicted octanol–water partition coefficient (Wildman–Crippen LogP) is 4.28. The van der Waals surface area contributed by atoms with Crippen LogP contribution in [-0.4, -0.2) is 24.0 Å². The molecule has 0 saturated carbocycles. The molecule has 0 aliphatic rings. The highest BCUT2D eigenvalue weighted by molar-refractivity contribution is 7.90. The van der Waals surface area contributed by atoms with E-state index in [0.717, 1.165) is 17.4 Å². The summed E-state index contributed by atoms with van der Waals surface area (Å²) in [4.78, 5) is 4.42. The van der Waals surface area contributed by atoms with E-state index in [4.69, 9.17) is 4.74 Å². The van der Waals surface area contributed by atoms with Gasteiger partial charge in [-0.15, -0.1) is 0 Å². The minimum Gasteiger partial charge on any atom is -0.478 e. The van der Waals surface area contributed by atoms with E-state index in [-0.39, 0.29) is 4.90 Å². The standard InChI is InChI=1S/C22H20N2O3S/c25-28(26,19-10-2-1-3-11-19)24-17-18(20-12-4-5-13-21(20)24)9-8-16-27-22-14-6-7-15-23-22/h1-7,10-15,17H,8-9,16H2. The summed E-state index contributed by atoms with van der Waals surface area (Å²) in [7, 11) is -3.64. The van der Waals surface area contributed by atoms with Gasteiger partial charge >= 0.3 is 0 Å². The Hall–Kier alpha value is -3.12. The zero-order chi connectivity index (χ0) is 19.4. The number of para-hydroxylation sites is 1. The lowest BCUT2D eigenvalue weighted by Gasteiger charge is -2.07. The van der Waals surface area contributed by atoms with Crippen LogP contribution in [0, 0.1) is 0 Å². The highest BCUT2D eigenvalue weighted by Crippen LogP contribution is 2.26. The van der Waals surface area contributed by atoms with Gasteiger partial charge in [-0.05, 0) is 42.7 Å². The second-order valence-corrected chi connectivity index (χ2v) is 8.22. The van der Waals surface area contributed by atoms with Gasteiger partial charge in [0.2, 0.25) is 5.88 Å². The summed E-state index contributed by atoms with van der Waals surface area (Å²) >= 11 is 0. The van der Waals surface area contributed by atoms with Crippen LogP contribution in [0.2, 0.25) is 0 Å². The lowest BCUT2D eigenvalue weighted by atomic mass is 10.1. The number of pyridine rings is 1. The number of aryl methyl sites for hydroxylation is 1. The second kappa shape index (κ2) is 7.86. The van der Waals surface area contributed by atoms with Crippen molar-refractivity contribution in [3.63, 3.8) is 0 Å². The van der Waals surface area contributed by atoms with E-state index in [1.165, 1.54) is 3.97 Å². The maximum atomic E-state index is 13.1. The molecule has 0 spiro atoms. The Morgan fingerprint density at radius 1 is 0.893 bits per heavy atom. The molecule has 0 saturated heterocycles. The number of nitrogens with zero attached hydrogens (tertiary/aromatic N) is 2. The van der Waals surface area contributed by atoms with Crippen molar-refractivity contribution in [3.05, 3.63) is 90.8 Å². The summed E-state index contributed by atoms with van der Waals surface area (Å²) in [5, 5.41) is 0.944. The van der Waals surface area contributed by atoms with Crippen LogP contribution in [0.3, 0.4) is 0 Å². The Balaban J connectivity index is 1.58. The molecule has 0 fully saturated rings. The minimum atomic E-state index is -3.64. The lowest BCUT2D eigenvalue weighted by Crippen LogP contribution is -2.11. The monoisotopic (exact) mass is 392 g/mol. The molecule has 0 bridgehead atoms. The van der Waals surface area contributed by atoms with Crippen molar-refractivity contribution in [1.82, 2.24) is 8.96 Å². The van der Waals surface area contributed by atoms with Gasteiger partial charge in [0.05, 0.1) is 17.0 Å². The zero-order valence-electron chi connectivity index (χ0n) is 15.2. The van der Waals surface area contributed by atoms with Crippen LogP contribution >= 0.6 is 0 Å². The van der Waals surface area contributed by atoms with E-state index in [0.29, 0.717) is 24.4 Å². The van der Waals surface area contributed by atoms with Crippen molar-refractivity contribution in [3.8, 4) is 5.88 Å². The topological polar surface area (TPSA) is 61.2 Å². The average molecular weight is 392 g/mol. The van der Waals surface area contributed by atoms with Crippen LogP contribution in [0.1, 0.15) is 12.0 Å². The van der Waals surface area contributed by atoms with E-state index in [2.05, 4.69) is 4.98 Å². The third kappa shape index (κ3) is 3.64. The molecule has 142 valence electrons. The van der Waals surface area contributed by atoms with Crippen molar-refractivity contribution in [1.29, 1.82) is 0 Å². The average Bonchev–Trinajstić information content (AvgIpc) is 3.12. The zero-order valence-corrected chi connectivity index (χ0v) is 16.0. The number of fused-ring (bicyclic) bond motifs is 1. The van der Waals surface area contributed by atoms with Crippen molar-refractivity contribution >= 4 is 20.9 Å². The van der Waals surface area contributed by atoms with Gasteiger partial charge in [0.15, 0.2) is 0 Å². The number of ether oxygens (including phenoxy) is 1. The van der Waals surface area contributed by atoms with Crippen molar-refractivity contribution in [2.75, 3.05) is 6.61 Å². The summed E-state index contributed by atoms with van der Waals surface area (Å²) in [5.41, 5.74) is 1.67. The van der Waals surface area contributed by atoms with Gasteiger partial charge in [0, 0.05) is 23.8 Å². The summed E-state index contributed by atoms with van der Waals surface area (Å²) in [6.45, 7) is 0.516. The normalized spacial score (nSPS) is 11.6. The highest BCUT2D eigenvalue weighted by atomic mass is 32.2. The minimum absolute atomic E-state index is 0.279. The fourth-order valence-electron chi connectivity index (χ4n) is 3.19. The van der Waals surface area contributed by atoms with Crippen LogP contribution in [0.15, 0.2) is 90.1 Å². The van der Waals surface area contributed by atoms with Crippen molar-refractivity contribution in [2.45, 2.75) is 17.7 Å². The van der Waals surface area contributed by atoms with E-state index in [1.54, 1.807) is 42.7 Å². The van der Waals surface area contributed by atoms with Gasteiger partial charge in [-0.1, -0.05) is 42.5 Å². The quantitative estimate of drug-likeness (QED) is 0.440. The third-order valence-electron chi connectivity index (χ3n) is 4.54. The smallest absolute Gasteiger partial charge is 0.268 e. The Morgan fingerprint density at radius 2 is 1.64 bits per heavy atom. The molecule has 28 heavy (non-hydrogen) atoms. The molecule has 6 heteroatoms. The molecule has 0 unspecified atom stereocenters. The van der Waals surface area contributed by atoms with E-state index in [1.807, 2.05) is 42.5 Å². The van der Waals surface area contributed by atoms with Crippen molar-refractivity contribution in [2.24, 2.45) is 0 Å². The molecule has 2 aromatic heterocycles. The molecule has 5 nitrogen and oxygen atoms in total. The highest BCUT2D eigenvalue weighted by Gasteiger charge is 2.20. The Kier molecular flexibility index (Phi) is 5.12. The van der Waals surface area contributed by atoms with E-state index in [9.17, 15) is 8.42 Å². The molecule has 0 atom stereocenters. The molecule has 2 aromatic carbocycles. The first-order chi connectivity index (χ1) is 13.7. The summed E-state index contributed by atoms with van der Waals surface area (Å²) in [6, 6.07) is 21.6. The van der Waals surface area contributed by atoms with Crippen LogP contribution in [0.4, 0.5) is 0 Å². The Labute approximate surface area is 164 Å². The van der Waals surface area contributed by atoms with Crippen LogP contribution in [-0.2, 0) is 16.4 Å². The molecule has 0 N–H and O–H groups in total. The molecule has 0 amide bonds. The predicted molar refractivity (Wildman–Crippen MR) is 109 cm³/mol. The molecular weight excluding hydrogens is 372 g/mol. The number of hydrogen-bond acceptors (Lipinski definition) is 4. The SMILES string of the molecule is O=S(=O)(c1ccccc1)n1cc(CCCOc2ccccn2)c2ccccc21. The first-order valence-electron chi connectivity index (χ1n) is 9.10. The molecule has 4 rings (SSSR count). The van der Waals surface area contributed by atoms with Crippen LogP contribution < -0.4 is 4.74 Å². The van der Waals surface area contributed by atoms with Gasteiger partial charge in [0.1, 0.15) is 0 Å². The molecule has 4 aromatic rings. The Morgan fingerprint density at radius 3 is 2.43 bits per heavy atom. The first-order valence-corrected chi connectivity index (χ1v) is 10.5. The number of benzene rings is 2. The van der Waals surface area contributed by atoms with Gasteiger partial charge < -0.3 is 4.74 Å². The molecule has 0 aliphatic heterocycles. The number of aromatic nitrogens is 2. The second-order valence-electron chi connectivity index (χ2n) is 6.41. The number of hydrogen-bond donors (Lipinski definition) is 0. The fourth-order valence-corrected chi connectivity index (χ4v) is 4.61. The molecular formula is C22H20N2O3S. The fraction of sp³-hybridized carbons (Fsp3) is 0.136. The van der Waals surface area contributed by atoms with Gasteiger partial charge in [-0.3, -0.25) is 0 Å². The van der Waals surface area contributed by atoms with Gasteiger partial charge in [-0.25, -0.2) is 17.4 Å². The summed E-state index contributed by atoms with van der Waals surface area (Å²) < 4.78 is 33.2. The molecule has 0 radical (unpaired) electrons. The summed E-state index contributed by atoms with van der Waals surface area (Å²) in [5.74, 6) is 0.594. The summed E-state index contributed by atoms with van der Waals surface area (Å²) in [6.07, 6.45) is 4.89. The molecule has 0 aliphatic carbocycles. The molecule has 2 heterocycles. The maximum absolute atomic E-state index is 13.1. The van der Waals surface area contributed by atoms with E-state index < -0.39 is 10.0 Å². The van der Waals surface area contributed by atoms with E-state index >= 15 is 0 Å². The lowest BCUT2D eigenvalue weighted by molar-refractivity contribution is 0.299. The van der Waals surface area contributed by atoms with Crippen molar-refractivity contribution < 1.29 is 13.2 Å². The number of rotatable bonds is 7. The van der Waals surface area contributed by atoms with Crippen LogP contribution in [0.5, 0.6) is 5.88 Å². The largest absolute Gasteiger partial charge is 0.478 e. The third-order valence-corrected chi connectivity index (χ3v) is 6.23. The first kappa shape index (κ1) is 18.3. The van der Waals surface area contributed by atoms with Crippen LogP contribution in [0.25, 0.3) is 10.9 Å². The maximum Gasteiger partial charge on any atom is 0.268 e. The Bertz CT molecular complexity index is 1170.